The number of carbonyl (C=O) groups is 1. The fourth-order valence-corrected chi connectivity index (χ4v) is 5.79. The normalized spacial score (nSPS) is 32.4. The van der Waals surface area contributed by atoms with Gasteiger partial charge in [-0.05, 0) is 81.5 Å². The van der Waals surface area contributed by atoms with Crippen molar-refractivity contribution in [2.24, 2.45) is 5.41 Å². The molecule has 0 aromatic heterocycles. The molecule has 160 valence electrons. The molecule has 0 radical (unpaired) electrons. The van der Waals surface area contributed by atoms with E-state index in [9.17, 15) is 4.79 Å². The van der Waals surface area contributed by atoms with Crippen LogP contribution >= 0.6 is 0 Å². The molecule has 29 heavy (non-hydrogen) atoms. The Labute approximate surface area is 174 Å². The van der Waals surface area contributed by atoms with E-state index in [2.05, 4.69) is 35.8 Å². The van der Waals surface area contributed by atoms with Crippen LogP contribution < -0.4 is 15.4 Å². The minimum Gasteiger partial charge on any atom is -0.497 e. The Morgan fingerprint density at radius 2 is 2.00 bits per heavy atom. The molecule has 1 aromatic rings. The Kier molecular flexibility index (Phi) is 5.09. The van der Waals surface area contributed by atoms with Crippen LogP contribution in [0.2, 0.25) is 0 Å². The van der Waals surface area contributed by atoms with Gasteiger partial charge >= 0.3 is 6.09 Å². The molecule has 4 aliphatic rings. The molecule has 2 atom stereocenters. The molecule has 0 saturated heterocycles. The zero-order chi connectivity index (χ0) is 20.9. The molecule has 2 N–H and O–H groups in total. The van der Waals surface area contributed by atoms with E-state index in [-0.39, 0.29) is 17.0 Å². The summed E-state index contributed by atoms with van der Waals surface area (Å²) in [6.45, 7) is 7.97. The highest BCUT2D eigenvalue weighted by Gasteiger charge is 2.72. The average Bonchev–Trinajstić information content (AvgIpc) is 2.59. The van der Waals surface area contributed by atoms with Crippen molar-refractivity contribution in [2.75, 3.05) is 7.11 Å². The van der Waals surface area contributed by atoms with Gasteiger partial charge in [0, 0.05) is 17.6 Å². The number of fused-ring (bicyclic) bond motifs is 1. The standard InChI is InChI=1S/C24H36N2O3/c1-6-7-8-17-11-16-12-18(28-5)9-10-19(16)20(25-17)23-13-24(14-23,15-23)26-21(27)29-22(2,3)4/h9-10,12,17,20,25H,6-8,11,13-15H2,1-5H3,(H,26,27)/t17-,20-,23?,24?/m0/s1. The van der Waals surface area contributed by atoms with Crippen molar-refractivity contribution >= 4 is 6.09 Å². The number of carbonyl (C=O) groups excluding carboxylic acids is 1. The molecular weight excluding hydrogens is 364 g/mol. The van der Waals surface area contributed by atoms with E-state index in [1.165, 1.54) is 30.4 Å². The highest BCUT2D eigenvalue weighted by atomic mass is 16.6. The van der Waals surface area contributed by atoms with Crippen LogP contribution in [0.5, 0.6) is 5.75 Å². The van der Waals surface area contributed by atoms with E-state index in [1.54, 1.807) is 7.11 Å². The number of hydrogen-bond donors (Lipinski definition) is 2. The molecule has 0 unspecified atom stereocenters. The minimum absolute atomic E-state index is 0.0625. The van der Waals surface area contributed by atoms with Crippen molar-refractivity contribution in [3.63, 3.8) is 0 Å². The maximum atomic E-state index is 12.2. The summed E-state index contributed by atoms with van der Waals surface area (Å²) in [5, 5.41) is 7.14. The van der Waals surface area contributed by atoms with E-state index in [0.29, 0.717) is 12.1 Å². The summed E-state index contributed by atoms with van der Waals surface area (Å²) in [6.07, 6.45) is 7.56. The molecule has 1 aliphatic heterocycles. The number of rotatable bonds is 6. The summed E-state index contributed by atoms with van der Waals surface area (Å²) >= 11 is 0. The third kappa shape index (κ3) is 3.86. The maximum absolute atomic E-state index is 12.2. The van der Waals surface area contributed by atoms with Gasteiger partial charge in [0.1, 0.15) is 11.4 Å². The third-order valence-electron chi connectivity index (χ3n) is 6.89. The second-order valence-corrected chi connectivity index (χ2v) is 10.5. The first-order valence-corrected chi connectivity index (χ1v) is 11.1. The molecule has 5 heteroatoms. The zero-order valence-corrected chi connectivity index (χ0v) is 18.6. The predicted octanol–water partition coefficient (Wildman–Crippen LogP) is 4.89. The molecule has 1 aromatic carbocycles. The van der Waals surface area contributed by atoms with Crippen LogP contribution in [-0.2, 0) is 11.2 Å². The van der Waals surface area contributed by atoms with E-state index < -0.39 is 5.60 Å². The molecule has 3 saturated carbocycles. The SMILES string of the molecule is CCCC[C@H]1Cc2cc(OC)ccc2[C@@H](C23CC(NC(=O)OC(C)(C)C)(C2)C3)N1. The van der Waals surface area contributed by atoms with Gasteiger partial charge in [0.15, 0.2) is 0 Å². The first kappa shape index (κ1) is 20.5. The largest absolute Gasteiger partial charge is 0.497 e. The van der Waals surface area contributed by atoms with E-state index in [0.717, 1.165) is 31.4 Å². The van der Waals surface area contributed by atoms with Crippen LogP contribution in [0.25, 0.3) is 0 Å². The number of methoxy groups -OCH3 is 1. The Bertz CT molecular complexity index is 763. The number of benzene rings is 1. The fourth-order valence-electron chi connectivity index (χ4n) is 5.79. The van der Waals surface area contributed by atoms with Crippen LogP contribution in [0.1, 0.15) is 83.4 Å². The quantitative estimate of drug-likeness (QED) is 0.714. The van der Waals surface area contributed by atoms with Gasteiger partial charge in [0.2, 0.25) is 0 Å². The highest BCUT2D eigenvalue weighted by molar-refractivity contribution is 5.70. The second-order valence-electron chi connectivity index (χ2n) is 10.5. The Balaban J connectivity index is 1.47. The summed E-state index contributed by atoms with van der Waals surface area (Å²) in [7, 11) is 1.74. The number of alkyl carbamates (subject to hydrolysis) is 1. The van der Waals surface area contributed by atoms with Gasteiger partial charge in [0.25, 0.3) is 0 Å². The van der Waals surface area contributed by atoms with Gasteiger partial charge in [0.05, 0.1) is 7.11 Å². The van der Waals surface area contributed by atoms with Gasteiger partial charge in [-0.1, -0.05) is 25.8 Å². The van der Waals surface area contributed by atoms with Crippen molar-refractivity contribution in [3.8, 4) is 5.75 Å². The van der Waals surface area contributed by atoms with E-state index in [4.69, 9.17) is 9.47 Å². The average molecular weight is 401 g/mol. The summed E-state index contributed by atoms with van der Waals surface area (Å²) in [6, 6.07) is 7.43. The van der Waals surface area contributed by atoms with E-state index in [1.807, 2.05) is 20.8 Å². The topological polar surface area (TPSA) is 59.6 Å². The third-order valence-corrected chi connectivity index (χ3v) is 6.89. The number of ether oxygens (including phenoxy) is 2. The molecule has 3 fully saturated rings. The van der Waals surface area contributed by atoms with Crippen LogP contribution in [0.15, 0.2) is 18.2 Å². The van der Waals surface area contributed by atoms with Gasteiger partial charge in [-0.3, -0.25) is 0 Å². The predicted molar refractivity (Wildman–Crippen MR) is 114 cm³/mol. The molecule has 3 aliphatic carbocycles. The van der Waals surface area contributed by atoms with Crippen LogP contribution in [0, 0.1) is 5.41 Å². The monoisotopic (exact) mass is 400 g/mol. The second kappa shape index (κ2) is 7.19. The van der Waals surface area contributed by atoms with Gasteiger partial charge < -0.3 is 20.1 Å². The zero-order valence-electron chi connectivity index (χ0n) is 18.6. The van der Waals surface area contributed by atoms with Crippen molar-refractivity contribution in [1.29, 1.82) is 0 Å². The van der Waals surface area contributed by atoms with Crippen molar-refractivity contribution in [3.05, 3.63) is 29.3 Å². The summed E-state index contributed by atoms with van der Waals surface area (Å²) in [4.78, 5) is 12.2. The summed E-state index contributed by atoms with van der Waals surface area (Å²) in [5.74, 6) is 0.944. The Hall–Kier alpha value is -1.75. The van der Waals surface area contributed by atoms with Crippen molar-refractivity contribution < 1.29 is 14.3 Å². The van der Waals surface area contributed by atoms with Gasteiger partial charge in [-0.25, -0.2) is 4.79 Å². The minimum atomic E-state index is -0.458. The summed E-state index contributed by atoms with van der Waals surface area (Å²) < 4.78 is 11.0. The molecule has 0 spiro atoms. The summed E-state index contributed by atoms with van der Waals surface area (Å²) in [5.41, 5.74) is 2.58. The first-order valence-electron chi connectivity index (χ1n) is 11.1. The Morgan fingerprint density at radius 3 is 2.62 bits per heavy atom. The first-order chi connectivity index (χ1) is 13.7. The molecule has 2 bridgehead atoms. The molecule has 5 nitrogen and oxygen atoms in total. The fraction of sp³-hybridized carbons (Fsp3) is 0.708. The maximum Gasteiger partial charge on any atom is 0.408 e. The van der Waals surface area contributed by atoms with Crippen LogP contribution in [0.4, 0.5) is 4.79 Å². The molecular formula is C24H36N2O3. The lowest BCUT2D eigenvalue weighted by molar-refractivity contribution is -0.177. The number of hydrogen-bond acceptors (Lipinski definition) is 4. The molecule has 5 rings (SSSR count). The lowest BCUT2D eigenvalue weighted by Crippen LogP contribution is -2.78. The number of unbranched alkanes of at least 4 members (excludes halogenated alkanes) is 1. The lowest BCUT2D eigenvalue weighted by atomic mass is 9.36. The van der Waals surface area contributed by atoms with Crippen molar-refractivity contribution in [1.82, 2.24) is 10.6 Å². The van der Waals surface area contributed by atoms with Crippen molar-refractivity contribution in [2.45, 2.75) is 95.9 Å². The smallest absolute Gasteiger partial charge is 0.408 e. The van der Waals surface area contributed by atoms with Gasteiger partial charge in [-0.2, -0.15) is 0 Å². The van der Waals surface area contributed by atoms with E-state index >= 15 is 0 Å². The number of nitrogens with one attached hydrogen (secondary N) is 2. The van der Waals surface area contributed by atoms with Crippen LogP contribution in [0.3, 0.4) is 0 Å². The Morgan fingerprint density at radius 1 is 1.28 bits per heavy atom. The highest BCUT2D eigenvalue weighted by Crippen LogP contribution is 2.72. The molecule has 1 heterocycles. The van der Waals surface area contributed by atoms with Crippen LogP contribution in [-0.4, -0.2) is 30.4 Å². The molecule has 1 amide bonds. The lowest BCUT2D eigenvalue weighted by Gasteiger charge is -2.73. The number of amides is 1. The van der Waals surface area contributed by atoms with Gasteiger partial charge in [-0.15, -0.1) is 0 Å².